The fourth-order valence-corrected chi connectivity index (χ4v) is 3.38. The van der Waals surface area contributed by atoms with Crippen LogP contribution in [-0.4, -0.2) is 66.3 Å². The van der Waals surface area contributed by atoms with E-state index in [1.165, 1.54) is 12.8 Å². The average molecular weight is 299 g/mol. The number of nitrogens with one attached hydrogen (secondary N) is 1. The van der Waals surface area contributed by atoms with Crippen molar-refractivity contribution in [2.45, 2.75) is 57.6 Å². The first-order valence-electron chi connectivity index (χ1n) is 7.94. The zero-order chi connectivity index (χ0) is 16.3. The Hall–Kier alpha value is -0.810. The van der Waals surface area contributed by atoms with E-state index in [1.807, 2.05) is 0 Å². The molecule has 124 valence electrons. The van der Waals surface area contributed by atoms with Crippen molar-refractivity contribution in [1.82, 2.24) is 15.1 Å². The first-order chi connectivity index (χ1) is 9.56. The van der Waals surface area contributed by atoms with Crippen molar-refractivity contribution >= 4 is 6.03 Å². The first-order valence-corrected chi connectivity index (χ1v) is 7.94. The number of amides is 2. The molecule has 2 unspecified atom stereocenters. The van der Waals surface area contributed by atoms with Crippen molar-refractivity contribution in [3.8, 4) is 0 Å². The summed E-state index contributed by atoms with van der Waals surface area (Å²) >= 11 is 0. The highest BCUT2D eigenvalue weighted by Crippen LogP contribution is 2.35. The van der Waals surface area contributed by atoms with Gasteiger partial charge in [-0.3, -0.25) is 0 Å². The lowest BCUT2D eigenvalue weighted by atomic mass is 9.75. The van der Waals surface area contributed by atoms with Crippen molar-refractivity contribution in [3.05, 3.63) is 0 Å². The van der Waals surface area contributed by atoms with Gasteiger partial charge in [-0.1, -0.05) is 19.8 Å². The minimum atomic E-state index is -0.870. The minimum Gasteiger partial charge on any atom is -0.389 e. The number of nitrogens with zero attached hydrogens (tertiary/aromatic N) is 2. The van der Waals surface area contributed by atoms with Crippen LogP contribution in [0, 0.1) is 5.92 Å². The van der Waals surface area contributed by atoms with Crippen LogP contribution in [0.5, 0.6) is 0 Å². The Bertz CT molecular complexity index is 352. The van der Waals surface area contributed by atoms with E-state index >= 15 is 0 Å². The monoisotopic (exact) mass is 299 g/mol. The molecule has 5 heteroatoms. The van der Waals surface area contributed by atoms with E-state index < -0.39 is 5.60 Å². The van der Waals surface area contributed by atoms with Crippen LogP contribution >= 0.6 is 0 Å². The van der Waals surface area contributed by atoms with Gasteiger partial charge >= 0.3 is 6.03 Å². The maximum absolute atomic E-state index is 12.2. The standard InChI is InChI=1S/C16H33N3O2/c1-13-8-7-9-16(10-13,18(4)5)11-17-14(20)19(6)12-15(2,3)21/h13,21H,7-12H2,1-6H3,(H,17,20). The molecule has 1 rings (SSSR count). The summed E-state index contributed by atoms with van der Waals surface area (Å²) in [4.78, 5) is 16.0. The van der Waals surface area contributed by atoms with Crippen LogP contribution in [0.25, 0.3) is 0 Å². The molecule has 0 saturated heterocycles. The van der Waals surface area contributed by atoms with E-state index in [0.29, 0.717) is 19.0 Å². The van der Waals surface area contributed by atoms with Crippen molar-refractivity contribution in [1.29, 1.82) is 0 Å². The number of carbonyl (C=O) groups excluding carboxylic acids is 1. The van der Waals surface area contributed by atoms with Crippen molar-refractivity contribution in [2.24, 2.45) is 5.92 Å². The third-order valence-corrected chi connectivity index (χ3v) is 4.56. The number of likely N-dealkylation sites (N-methyl/N-ethyl adjacent to an activating group) is 2. The average Bonchev–Trinajstić information content (AvgIpc) is 2.33. The van der Waals surface area contributed by atoms with Crippen molar-refractivity contribution < 1.29 is 9.90 Å². The lowest BCUT2D eigenvalue weighted by molar-refractivity contribution is 0.0498. The van der Waals surface area contributed by atoms with E-state index in [-0.39, 0.29) is 11.6 Å². The van der Waals surface area contributed by atoms with E-state index in [9.17, 15) is 9.90 Å². The summed E-state index contributed by atoms with van der Waals surface area (Å²) in [5.41, 5.74) is -0.812. The molecule has 0 bridgehead atoms. The second kappa shape index (κ2) is 6.97. The van der Waals surface area contributed by atoms with Crippen LogP contribution < -0.4 is 5.32 Å². The molecule has 0 aromatic rings. The van der Waals surface area contributed by atoms with Gasteiger partial charge in [0.25, 0.3) is 0 Å². The molecule has 5 nitrogen and oxygen atoms in total. The third-order valence-electron chi connectivity index (χ3n) is 4.56. The molecule has 1 aliphatic rings. The number of carbonyl (C=O) groups is 1. The molecule has 1 saturated carbocycles. The lowest BCUT2D eigenvalue weighted by Crippen LogP contribution is -2.56. The van der Waals surface area contributed by atoms with Gasteiger partial charge in [0.15, 0.2) is 0 Å². The van der Waals surface area contributed by atoms with Crippen LogP contribution in [0.2, 0.25) is 0 Å². The third kappa shape index (κ3) is 5.47. The molecular formula is C16H33N3O2. The Labute approximate surface area is 129 Å². The molecule has 2 amide bonds. The van der Waals surface area contributed by atoms with Gasteiger partial charge in [0.05, 0.1) is 12.1 Å². The predicted octanol–water partition coefficient (Wildman–Crippen LogP) is 1.91. The number of hydrogen-bond acceptors (Lipinski definition) is 3. The van der Waals surface area contributed by atoms with Gasteiger partial charge in [0, 0.05) is 19.1 Å². The molecule has 0 radical (unpaired) electrons. The second-order valence-electron chi connectivity index (χ2n) is 7.65. The van der Waals surface area contributed by atoms with Crippen molar-refractivity contribution in [2.75, 3.05) is 34.2 Å². The van der Waals surface area contributed by atoms with Gasteiger partial charge in [0.2, 0.25) is 0 Å². The van der Waals surface area contributed by atoms with E-state index in [1.54, 1.807) is 25.8 Å². The van der Waals surface area contributed by atoms with Crippen LogP contribution in [0.4, 0.5) is 4.79 Å². The summed E-state index contributed by atoms with van der Waals surface area (Å²) in [6, 6.07) is -0.114. The Morgan fingerprint density at radius 3 is 2.48 bits per heavy atom. The normalized spacial score (nSPS) is 26.8. The topological polar surface area (TPSA) is 55.8 Å². The van der Waals surface area contributed by atoms with Gasteiger partial charge < -0.3 is 20.2 Å². The summed E-state index contributed by atoms with van der Waals surface area (Å²) in [5.74, 6) is 0.701. The zero-order valence-corrected chi connectivity index (χ0v) is 14.6. The summed E-state index contributed by atoms with van der Waals surface area (Å²) in [7, 11) is 5.93. The Kier molecular flexibility index (Phi) is 6.05. The molecule has 0 heterocycles. The van der Waals surface area contributed by atoms with Crippen molar-refractivity contribution in [3.63, 3.8) is 0 Å². The number of hydrogen-bond donors (Lipinski definition) is 2. The van der Waals surface area contributed by atoms with Gasteiger partial charge in [-0.25, -0.2) is 4.79 Å². The number of aliphatic hydroxyl groups is 1. The highest BCUT2D eigenvalue weighted by atomic mass is 16.3. The second-order valence-corrected chi connectivity index (χ2v) is 7.65. The Balaban J connectivity index is 2.59. The lowest BCUT2D eigenvalue weighted by Gasteiger charge is -2.45. The molecule has 0 aromatic carbocycles. The maximum atomic E-state index is 12.2. The molecular weight excluding hydrogens is 266 g/mol. The summed E-state index contributed by atoms with van der Waals surface area (Å²) in [6.07, 6.45) is 4.74. The molecule has 21 heavy (non-hydrogen) atoms. The fourth-order valence-electron chi connectivity index (χ4n) is 3.38. The van der Waals surface area contributed by atoms with E-state index in [4.69, 9.17) is 0 Å². The SMILES string of the molecule is CC1CCCC(CNC(=O)N(C)CC(C)(C)O)(N(C)C)C1. The Morgan fingerprint density at radius 2 is 2.00 bits per heavy atom. The molecule has 0 spiro atoms. The molecule has 2 atom stereocenters. The van der Waals surface area contributed by atoms with Gasteiger partial charge in [-0.15, -0.1) is 0 Å². The van der Waals surface area contributed by atoms with E-state index in [0.717, 1.165) is 12.8 Å². The molecule has 2 N–H and O–H groups in total. The molecule has 1 fully saturated rings. The molecule has 1 aliphatic carbocycles. The van der Waals surface area contributed by atoms with Gasteiger partial charge in [-0.05, 0) is 46.7 Å². The zero-order valence-electron chi connectivity index (χ0n) is 14.6. The highest BCUT2D eigenvalue weighted by molar-refractivity contribution is 5.74. The van der Waals surface area contributed by atoms with Crippen LogP contribution in [0.15, 0.2) is 0 Å². The number of rotatable bonds is 5. The quantitative estimate of drug-likeness (QED) is 0.815. The predicted molar refractivity (Wildman–Crippen MR) is 86.4 cm³/mol. The summed E-state index contributed by atoms with van der Waals surface area (Å²) < 4.78 is 0. The maximum Gasteiger partial charge on any atom is 0.317 e. The minimum absolute atomic E-state index is 0.0584. The van der Waals surface area contributed by atoms with Crippen LogP contribution in [-0.2, 0) is 0 Å². The van der Waals surface area contributed by atoms with Gasteiger partial charge in [0.1, 0.15) is 0 Å². The number of urea groups is 1. The van der Waals surface area contributed by atoms with Gasteiger partial charge in [-0.2, -0.15) is 0 Å². The smallest absolute Gasteiger partial charge is 0.317 e. The highest BCUT2D eigenvalue weighted by Gasteiger charge is 2.37. The first kappa shape index (κ1) is 18.2. The molecule has 0 aromatic heterocycles. The van der Waals surface area contributed by atoms with Crippen LogP contribution in [0.3, 0.4) is 0 Å². The summed E-state index contributed by atoms with van der Waals surface area (Å²) in [5, 5.41) is 12.8. The Morgan fingerprint density at radius 1 is 1.38 bits per heavy atom. The van der Waals surface area contributed by atoms with Crippen LogP contribution in [0.1, 0.15) is 46.5 Å². The molecule has 0 aliphatic heterocycles. The summed E-state index contributed by atoms with van der Waals surface area (Å²) in [6.45, 7) is 6.70. The van der Waals surface area contributed by atoms with E-state index in [2.05, 4.69) is 31.2 Å². The fraction of sp³-hybridized carbons (Fsp3) is 0.938. The largest absolute Gasteiger partial charge is 0.389 e.